The predicted octanol–water partition coefficient (Wildman–Crippen LogP) is 3.31. The lowest BCUT2D eigenvalue weighted by molar-refractivity contribution is 0.0786. The molecule has 0 amide bonds. The molecule has 1 unspecified atom stereocenters. The van der Waals surface area contributed by atoms with Gasteiger partial charge in [-0.15, -0.1) is 0 Å². The minimum Gasteiger partial charge on any atom is -0.482 e. The Balaban J connectivity index is 2.12. The number of anilines is 1. The normalized spacial score (nSPS) is 11.8. The monoisotopic (exact) mass is 255 g/mol. The smallest absolute Gasteiger partial charge is 0.203 e. The molecule has 0 aliphatic heterocycles. The summed E-state index contributed by atoms with van der Waals surface area (Å²) in [6, 6.07) is 16.3. The summed E-state index contributed by atoms with van der Waals surface area (Å²) in [5.41, 5.74) is 6.97. The first-order valence-electron chi connectivity index (χ1n) is 6.32. The van der Waals surface area contributed by atoms with Gasteiger partial charge in [0.1, 0.15) is 5.75 Å². The van der Waals surface area contributed by atoms with Crippen molar-refractivity contribution in [3.63, 3.8) is 0 Å². The van der Waals surface area contributed by atoms with Crippen LogP contribution in [0.1, 0.15) is 23.7 Å². The van der Waals surface area contributed by atoms with Crippen molar-refractivity contribution in [2.45, 2.75) is 19.4 Å². The van der Waals surface area contributed by atoms with E-state index >= 15 is 0 Å². The van der Waals surface area contributed by atoms with Gasteiger partial charge in [0, 0.05) is 11.3 Å². The molecule has 0 spiro atoms. The van der Waals surface area contributed by atoms with Crippen LogP contribution < -0.4 is 10.5 Å². The first kappa shape index (κ1) is 13.1. The van der Waals surface area contributed by atoms with Crippen LogP contribution >= 0.6 is 0 Å². The van der Waals surface area contributed by atoms with E-state index in [1.807, 2.05) is 25.1 Å². The maximum Gasteiger partial charge on any atom is 0.203 e. The van der Waals surface area contributed by atoms with Gasteiger partial charge in [-0.3, -0.25) is 4.79 Å². The van der Waals surface area contributed by atoms with Crippen LogP contribution in [0.2, 0.25) is 0 Å². The standard InChI is InChI=1S/C16H17NO2/c1-2-15(16(18)12-6-4-3-5-7-12)19-14-10-8-13(17)9-11-14/h3-11,15H,2,17H2,1H3. The molecule has 0 bridgehead atoms. The van der Waals surface area contributed by atoms with E-state index in [0.29, 0.717) is 23.4 Å². The van der Waals surface area contributed by atoms with Gasteiger partial charge in [0.25, 0.3) is 0 Å². The molecule has 0 heterocycles. The van der Waals surface area contributed by atoms with Crippen LogP contribution in [0.5, 0.6) is 5.75 Å². The highest BCUT2D eigenvalue weighted by Crippen LogP contribution is 2.18. The first-order valence-corrected chi connectivity index (χ1v) is 6.32. The lowest BCUT2D eigenvalue weighted by atomic mass is 10.0. The molecule has 0 saturated heterocycles. The fourth-order valence-corrected chi connectivity index (χ4v) is 1.82. The Morgan fingerprint density at radius 2 is 1.74 bits per heavy atom. The van der Waals surface area contributed by atoms with Gasteiger partial charge in [-0.1, -0.05) is 37.3 Å². The van der Waals surface area contributed by atoms with Crippen molar-refractivity contribution in [3.05, 3.63) is 60.2 Å². The highest BCUT2D eigenvalue weighted by Gasteiger charge is 2.19. The first-order chi connectivity index (χ1) is 9.20. The maximum atomic E-state index is 12.3. The van der Waals surface area contributed by atoms with Crippen molar-refractivity contribution in [2.24, 2.45) is 0 Å². The van der Waals surface area contributed by atoms with Crippen molar-refractivity contribution in [2.75, 3.05) is 5.73 Å². The second-order valence-corrected chi connectivity index (χ2v) is 4.31. The van der Waals surface area contributed by atoms with Gasteiger partial charge in [-0.25, -0.2) is 0 Å². The van der Waals surface area contributed by atoms with Crippen LogP contribution in [0.15, 0.2) is 54.6 Å². The molecule has 98 valence electrons. The fraction of sp³-hybridized carbons (Fsp3) is 0.188. The van der Waals surface area contributed by atoms with Crippen molar-refractivity contribution in [3.8, 4) is 5.75 Å². The number of nitrogens with two attached hydrogens (primary N) is 1. The van der Waals surface area contributed by atoms with Crippen LogP contribution in [0.4, 0.5) is 5.69 Å². The Kier molecular flexibility index (Phi) is 4.18. The third kappa shape index (κ3) is 3.35. The molecule has 0 radical (unpaired) electrons. The second-order valence-electron chi connectivity index (χ2n) is 4.31. The zero-order valence-corrected chi connectivity index (χ0v) is 10.9. The lowest BCUT2D eigenvalue weighted by Crippen LogP contribution is -2.26. The number of carbonyl (C=O) groups excluding carboxylic acids is 1. The van der Waals surface area contributed by atoms with Crippen molar-refractivity contribution < 1.29 is 9.53 Å². The van der Waals surface area contributed by atoms with E-state index in [1.165, 1.54) is 0 Å². The molecule has 0 aliphatic rings. The number of carbonyl (C=O) groups is 1. The van der Waals surface area contributed by atoms with Gasteiger partial charge in [0.05, 0.1) is 0 Å². The Morgan fingerprint density at radius 3 is 2.32 bits per heavy atom. The lowest BCUT2D eigenvalue weighted by Gasteiger charge is -2.16. The summed E-state index contributed by atoms with van der Waals surface area (Å²) in [5.74, 6) is 0.658. The number of hydrogen-bond donors (Lipinski definition) is 1. The number of hydrogen-bond acceptors (Lipinski definition) is 3. The van der Waals surface area contributed by atoms with Crippen LogP contribution in [-0.4, -0.2) is 11.9 Å². The second kappa shape index (κ2) is 6.05. The zero-order chi connectivity index (χ0) is 13.7. The van der Waals surface area contributed by atoms with E-state index in [-0.39, 0.29) is 5.78 Å². The third-order valence-corrected chi connectivity index (χ3v) is 2.88. The number of benzene rings is 2. The minimum atomic E-state index is -0.467. The highest BCUT2D eigenvalue weighted by molar-refractivity contribution is 5.99. The van der Waals surface area contributed by atoms with Crippen molar-refractivity contribution in [1.29, 1.82) is 0 Å². The van der Waals surface area contributed by atoms with Gasteiger partial charge in [-0.2, -0.15) is 0 Å². The Labute approximate surface area is 113 Å². The summed E-state index contributed by atoms with van der Waals surface area (Å²) in [4.78, 5) is 12.3. The largest absolute Gasteiger partial charge is 0.482 e. The fourth-order valence-electron chi connectivity index (χ4n) is 1.82. The molecule has 19 heavy (non-hydrogen) atoms. The minimum absolute atomic E-state index is 0.0000694. The summed E-state index contributed by atoms with van der Waals surface area (Å²) in [6.45, 7) is 1.93. The van der Waals surface area contributed by atoms with Gasteiger partial charge in [-0.05, 0) is 30.7 Å². The number of rotatable bonds is 5. The van der Waals surface area contributed by atoms with Crippen molar-refractivity contribution in [1.82, 2.24) is 0 Å². The molecular formula is C16H17NO2. The molecule has 2 N–H and O–H groups in total. The average Bonchev–Trinajstić information content (AvgIpc) is 2.47. The van der Waals surface area contributed by atoms with E-state index in [1.54, 1.807) is 36.4 Å². The summed E-state index contributed by atoms with van der Waals surface area (Å²) >= 11 is 0. The van der Waals surface area contributed by atoms with Gasteiger partial charge in [0.15, 0.2) is 6.10 Å². The van der Waals surface area contributed by atoms with Crippen LogP contribution in [0, 0.1) is 0 Å². The zero-order valence-electron chi connectivity index (χ0n) is 10.9. The molecule has 3 nitrogen and oxygen atoms in total. The van der Waals surface area contributed by atoms with E-state index in [0.717, 1.165) is 0 Å². The van der Waals surface area contributed by atoms with Gasteiger partial charge >= 0.3 is 0 Å². The average molecular weight is 255 g/mol. The SMILES string of the molecule is CCC(Oc1ccc(N)cc1)C(=O)c1ccccc1. The molecule has 2 aromatic rings. The van der Waals surface area contributed by atoms with Gasteiger partial charge in [0.2, 0.25) is 5.78 Å². The molecule has 0 aliphatic carbocycles. The molecule has 2 aromatic carbocycles. The number of ether oxygens (including phenoxy) is 1. The number of nitrogen functional groups attached to an aromatic ring is 1. The van der Waals surface area contributed by atoms with E-state index < -0.39 is 6.10 Å². The van der Waals surface area contributed by atoms with Crippen LogP contribution in [0.25, 0.3) is 0 Å². The Morgan fingerprint density at radius 1 is 1.11 bits per heavy atom. The van der Waals surface area contributed by atoms with Gasteiger partial charge < -0.3 is 10.5 Å². The van der Waals surface area contributed by atoms with E-state index in [2.05, 4.69) is 0 Å². The predicted molar refractivity (Wildman–Crippen MR) is 76.3 cm³/mol. The summed E-state index contributed by atoms with van der Waals surface area (Å²) in [6.07, 6.45) is 0.156. The Hall–Kier alpha value is -2.29. The van der Waals surface area contributed by atoms with Crippen LogP contribution in [-0.2, 0) is 0 Å². The third-order valence-electron chi connectivity index (χ3n) is 2.88. The number of Topliss-reactive ketones (excluding diaryl/α,β-unsaturated/α-hetero) is 1. The molecule has 2 rings (SSSR count). The maximum absolute atomic E-state index is 12.3. The van der Waals surface area contributed by atoms with Crippen LogP contribution in [0.3, 0.4) is 0 Å². The molecular weight excluding hydrogens is 238 g/mol. The number of ketones is 1. The Bertz CT molecular complexity index is 534. The summed E-state index contributed by atoms with van der Waals surface area (Å²) < 4.78 is 5.73. The summed E-state index contributed by atoms with van der Waals surface area (Å²) in [7, 11) is 0. The van der Waals surface area contributed by atoms with E-state index in [9.17, 15) is 4.79 Å². The molecule has 0 saturated carbocycles. The molecule has 1 atom stereocenters. The quantitative estimate of drug-likeness (QED) is 0.658. The highest BCUT2D eigenvalue weighted by atomic mass is 16.5. The molecule has 0 aromatic heterocycles. The molecule has 0 fully saturated rings. The van der Waals surface area contributed by atoms with E-state index in [4.69, 9.17) is 10.5 Å². The summed E-state index contributed by atoms with van der Waals surface area (Å²) in [5, 5.41) is 0. The van der Waals surface area contributed by atoms with Crippen molar-refractivity contribution >= 4 is 11.5 Å². The topological polar surface area (TPSA) is 52.3 Å². The molecule has 3 heteroatoms.